The lowest BCUT2D eigenvalue weighted by Gasteiger charge is -2.23. The van der Waals surface area contributed by atoms with E-state index in [1.54, 1.807) is 28.0 Å². The summed E-state index contributed by atoms with van der Waals surface area (Å²) in [6.45, 7) is 2.57. The first-order valence-electron chi connectivity index (χ1n) is 10.1. The van der Waals surface area contributed by atoms with Crippen molar-refractivity contribution >= 4 is 22.8 Å². The molecule has 4 aromatic heterocycles. The molecule has 1 aliphatic carbocycles. The maximum atomic E-state index is 13.5. The van der Waals surface area contributed by atoms with Gasteiger partial charge in [-0.2, -0.15) is 10.4 Å². The molecule has 0 radical (unpaired) electrons. The van der Waals surface area contributed by atoms with E-state index >= 15 is 0 Å². The van der Waals surface area contributed by atoms with Crippen LogP contribution in [0.1, 0.15) is 19.8 Å². The lowest BCUT2D eigenvalue weighted by Crippen LogP contribution is -2.37. The molecule has 2 aliphatic rings. The first kappa shape index (κ1) is 17.2. The highest BCUT2D eigenvalue weighted by molar-refractivity contribution is 6.05. The predicted octanol–water partition coefficient (Wildman–Crippen LogP) is 2.95. The molecule has 1 aliphatic heterocycles. The number of aromatic nitrogens is 5. The van der Waals surface area contributed by atoms with E-state index in [1.807, 2.05) is 42.0 Å². The number of anilines is 1. The van der Waals surface area contributed by atoms with Crippen molar-refractivity contribution in [3.63, 3.8) is 0 Å². The van der Waals surface area contributed by atoms with Crippen molar-refractivity contribution in [3.05, 3.63) is 49.3 Å². The van der Waals surface area contributed by atoms with E-state index in [0.717, 1.165) is 41.0 Å². The van der Waals surface area contributed by atoms with Gasteiger partial charge in [-0.25, -0.2) is 9.50 Å². The van der Waals surface area contributed by atoms with Gasteiger partial charge in [-0.3, -0.25) is 14.2 Å². The molecule has 0 spiro atoms. The molecule has 30 heavy (non-hydrogen) atoms. The van der Waals surface area contributed by atoms with Crippen molar-refractivity contribution in [2.24, 2.45) is 17.3 Å². The van der Waals surface area contributed by atoms with Gasteiger partial charge in [0.15, 0.2) is 5.65 Å². The summed E-state index contributed by atoms with van der Waals surface area (Å²) in [6, 6.07) is 6.29. The van der Waals surface area contributed by atoms with Crippen molar-refractivity contribution in [1.29, 1.82) is 5.26 Å². The van der Waals surface area contributed by atoms with Gasteiger partial charge in [-0.05, 0) is 30.9 Å². The fraction of sp³-hybridized carbons (Fsp3) is 0.318. The smallest absolute Gasteiger partial charge is 0.248 e. The molecule has 0 unspecified atom stereocenters. The molecule has 0 aromatic carbocycles. The van der Waals surface area contributed by atoms with Crippen molar-refractivity contribution in [3.8, 4) is 17.3 Å². The molecule has 2 atom stereocenters. The first-order chi connectivity index (χ1) is 14.6. The van der Waals surface area contributed by atoms with E-state index in [-0.39, 0.29) is 17.7 Å². The Labute approximate surface area is 172 Å². The second kappa shape index (κ2) is 5.89. The van der Waals surface area contributed by atoms with Gasteiger partial charge in [-0.15, -0.1) is 0 Å². The fourth-order valence-electron chi connectivity index (χ4n) is 4.93. The molecule has 8 nitrogen and oxygen atoms in total. The van der Waals surface area contributed by atoms with E-state index in [9.17, 15) is 10.1 Å². The normalized spacial score (nSPS) is 24.1. The van der Waals surface area contributed by atoms with Crippen LogP contribution in [-0.2, 0) is 4.79 Å². The molecule has 8 heteroatoms. The molecule has 0 N–H and O–H groups in total. The minimum absolute atomic E-state index is 0.00331. The average molecular weight is 397 g/mol. The zero-order chi connectivity index (χ0) is 20.5. The number of rotatable bonds is 3. The summed E-state index contributed by atoms with van der Waals surface area (Å²) in [5.41, 5.74) is 3.37. The van der Waals surface area contributed by atoms with Gasteiger partial charge in [0, 0.05) is 42.8 Å². The van der Waals surface area contributed by atoms with Gasteiger partial charge < -0.3 is 4.90 Å². The van der Waals surface area contributed by atoms with Crippen LogP contribution < -0.4 is 4.90 Å². The molecular formula is C22H19N7O. The Kier molecular flexibility index (Phi) is 3.37. The van der Waals surface area contributed by atoms with Crippen molar-refractivity contribution in [1.82, 2.24) is 24.0 Å². The van der Waals surface area contributed by atoms with E-state index in [2.05, 4.69) is 21.1 Å². The van der Waals surface area contributed by atoms with Gasteiger partial charge in [0.1, 0.15) is 5.41 Å². The third-order valence-electron chi connectivity index (χ3n) is 6.63. The van der Waals surface area contributed by atoms with Gasteiger partial charge in [0.2, 0.25) is 5.91 Å². The first-order valence-corrected chi connectivity index (χ1v) is 10.1. The van der Waals surface area contributed by atoms with Crippen LogP contribution in [0.4, 0.5) is 5.69 Å². The number of hydrogen-bond donors (Lipinski definition) is 0. The molecule has 4 aromatic rings. The van der Waals surface area contributed by atoms with E-state index in [4.69, 9.17) is 0 Å². The zero-order valence-corrected chi connectivity index (χ0v) is 16.4. The Balaban J connectivity index is 1.48. The summed E-state index contributed by atoms with van der Waals surface area (Å²) in [5, 5.41) is 14.4. The van der Waals surface area contributed by atoms with Crippen LogP contribution in [0.25, 0.3) is 22.4 Å². The summed E-state index contributed by atoms with van der Waals surface area (Å²) in [6.07, 6.45) is 12.7. The van der Waals surface area contributed by atoms with Crippen molar-refractivity contribution < 1.29 is 4.79 Å². The van der Waals surface area contributed by atoms with Crippen LogP contribution in [0.15, 0.2) is 49.3 Å². The molecule has 1 amide bonds. The van der Waals surface area contributed by atoms with Crippen molar-refractivity contribution in [2.45, 2.75) is 19.8 Å². The van der Waals surface area contributed by atoms with E-state index in [1.165, 1.54) is 0 Å². The number of nitrogens with zero attached hydrogens (tertiary/aromatic N) is 7. The summed E-state index contributed by atoms with van der Waals surface area (Å²) < 4.78 is 3.75. The Hall–Kier alpha value is -3.73. The van der Waals surface area contributed by atoms with Crippen LogP contribution in [-0.4, -0.2) is 36.4 Å². The highest BCUT2D eigenvalue weighted by atomic mass is 16.2. The second-order valence-corrected chi connectivity index (χ2v) is 8.29. The number of fused-ring (bicyclic) bond motifs is 2. The average Bonchev–Trinajstić information content (AvgIpc) is 3.28. The van der Waals surface area contributed by atoms with E-state index in [0.29, 0.717) is 6.54 Å². The molecule has 2 fully saturated rings. The third kappa shape index (κ3) is 2.15. The zero-order valence-electron chi connectivity index (χ0n) is 16.4. The lowest BCUT2D eigenvalue weighted by atomic mass is 9.75. The minimum Gasteiger partial charge on any atom is -0.309 e. The quantitative estimate of drug-likeness (QED) is 0.530. The number of nitriles is 1. The maximum Gasteiger partial charge on any atom is 0.248 e. The summed E-state index contributed by atoms with van der Waals surface area (Å²) in [7, 11) is 0. The number of carbonyl (C=O) groups is 1. The standard InChI is InChI=1S/C22H19N7O/c1-14-11-28(21(30)22(14,13-23)16-2-3-16)17-4-5-26-29-12-15(8-18(17)29)19-9-25-20-10-24-6-7-27(19)20/h4-10,12,14,16H,2-3,11H2,1H3/t14-,22+/m1/s1. The van der Waals surface area contributed by atoms with Crippen molar-refractivity contribution in [2.75, 3.05) is 11.4 Å². The predicted molar refractivity (Wildman–Crippen MR) is 109 cm³/mol. The molecule has 148 valence electrons. The Morgan fingerprint density at radius 2 is 2.13 bits per heavy atom. The monoisotopic (exact) mass is 397 g/mol. The SMILES string of the molecule is C[C@@H]1CN(c2ccnn3cc(-c4cnc5cnccn45)cc23)C(=O)[C@]1(C#N)C1CC1. The number of amides is 1. The van der Waals surface area contributed by atoms with Crippen LogP contribution in [0.5, 0.6) is 0 Å². The third-order valence-corrected chi connectivity index (χ3v) is 6.63. The van der Waals surface area contributed by atoms with Crippen LogP contribution in [0.2, 0.25) is 0 Å². The minimum atomic E-state index is -0.898. The highest BCUT2D eigenvalue weighted by Crippen LogP contribution is 2.54. The maximum absolute atomic E-state index is 13.5. The molecule has 1 saturated heterocycles. The van der Waals surface area contributed by atoms with Gasteiger partial charge in [-0.1, -0.05) is 6.92 Å². The number of carbonyl (C=O) groups excluding carboxylic acids is 1. The molecule has 1 saturated carbocycles. The largest absolute Gasteiger partial charge is 0.309 e. The van der Waals surface area contributed by atoms with Crippen LogP contribution in [0, 0.1) is 28.6 Å². The molecule has 6 rings (SSSR count). The summed E-state index contributed by atoms with van der Waals surface area (Å²) in [5.74, 6) is 0.107. The lowest BCUT2D eigenvalue weighted by molar-refractivity contribution is -0.124. The summed E-state index contributed by atoms with van der Waals surface area (Å²) >= 11 is 0. The fourth-order valence-corrected chi connectivity index (χ4v) is 4.93. The molecule has 0 bridgehead atoms. The Bertz CT molecular complexity index is 1360. The number of hydrogen-bond acceptors (Lipinski definition) is 5. The van der Waals surface area contributed by atoms with Gasteiger partial charge in [0.05, 0.1) is 35.4 Å². The van der Waals surface area contributed by atoms with Gasteiger partial charge >= 0.3 is 0 Å². The second-order valence-electron chi connectivity index (χ2n) is 8.29. The summed E-state index contributed by atoms with van der Waals surface area (Å²) in [4.78, 5) is 23.8. The highest BCUT2D eigenvalue weighted by Gasteiger charge is 2.61. The van der Waals surface area contributed by atoms with Gasteiger partial charge in [0.25, 0.3) is 0 Å². The number of imidazole rings is 1. The topological polar surface area (TPSA) is 91.6 Å². The molecular weight excluding hydrogens is 378 g/mol. The van der Waals surface area contributed by atoms with Crippen LogP contribution in [0.3, 0.4) is 0 Å². The Morgan fingerprint density at radius 1 is 1.27 bits per heavy atom. The molecule has 5 heterocycles. The van der Waals surface area contributed by atoms with Crippen LogP contribution >= 0.6 is 0 Å². The van der Waals surface area contributed by atoms with E-state index < -0.39 is 5.41 Å². The Morgan fingerprint density at radius 3 is 2.93 bits per heavy atom.